The Bertz CT molecular complexity index is 1130. The molecule has 0 saturated carbocycles. The van der Waals surface area contributed by atoms with Crippen LogP contribution in [0.15, 0.2) is 22.7 Å². The molecule has 19 heavy (non-hydrogen) atoms. The van der Waals surface area contributed by atoms with Crippen molar-refractivity contribution in [2.75, 3.05) is 0 Å². The number of halogens is 1. The van der Waals surface area contributed by atoms with E-state index in [4.69, 9.17) is 0 Å². The summed E-state index contributed by atoms with van der Waals surface area (Å²) in [7, 11) is 0. The summed E-state index contributed by atoms with van der Waals surface area (Å²) in [5.41, 5.74) is 3.35. The molecule has 10 aliphatic rings. The van der Waals surface area contributed by atoms with E-state index in [-0.39, 0.29) is 0 Å². The second kappa shape index (κ2) is 0.664. The predicted molar refractivity (Wildman–Crippen MR) is 74.3 cm³/mol. The molecule has 10 fully saturated rings. The van der Waals surface area contributed by atoms with Gasteiger partial charge in [-0.05, 0) is 0 Å². The third-order valence-corrected chi connectivity index (χ3v) is 59.7. The predicted octanol–water partition coefficient (Wildman–Crippen LogP) is 5.55. The molecule has 4 unspecified atom stereocenters. The van der Waals surface area contributed by atoms with Gasteiger partial charge in [0.25, 0.3) is 0 Å². The first-order valence-electron chi connectivity index (χ1n) is 7.94. The third-order valence-electron chi connectivity index (χ3n) is 16.3. The third kappa shape index (κ3) is 0.0881. The number of rotatable bonds is 1. The fraction of sp³-hybridized carbons (Fsp3) is 0.647. The van der Waals surface area contributed by atoms with Gasteiger partial charge in [-0.2, -0.15) is 0 Å². The Morgan fingerprint density at radius 2 is 1.53 bits per heavy atom. The molecular weight excluding hydrogens is 340 g/mol. The summed E-state index contributed by atoms with van der Waals surface area (Å²) in [5, 5.41) is 0. The molecule has 0 amide bonds. The van der Waals surface area contributed by atoms with Crippen molar-refractivity contribution in [3.8, 4) is 0 Å². The van der Waals surface area contributed by atoms with Crippen molar-refractivity contribution in [1.29, 1.82) is 0 Å². The van der Waals surface area contributed by atoms with Crippen molar-refractivity contribution < 1.29 is 6.51 Å². The summed E-state index contributed by atoms with van der Waals surface area (Å²) in [6.07, 6.45) is 0. The minimum atomic E-state index is -2.92. The van der Waals surface area contributed by atoms with Gasteiger partial charge in [0.05, 0.1) is 0 Å². The maximum atomic E-state index is 4.01. The van der Waals surface area contributed by atoms with Crippen LogP contribution in [-0.4, -0.2) is 0 Å². The molecular formula is C17H15BrFe. The fourth-order valence-electron chi connectivity index (χ4n) is 17.9. The Balaban J connectivity index is 1.55. The number of fused-ring (bicyclic) bond motifs is 10. The summed E-state index contributed by atoms with van der Waals surface area (Å²) < 4.78 is 2.45. The Morgan fingerprint density at radius 1 is 0.947 bits per heavy atom. The van der Waals surface area contributed by atoms with Crippen LogP contribution in [0.2, 0.25) is 43.3 Å². The molecule has 0 aliphatic carbocycles. The van der Waals surface area contributed by atoms with Crippen molar-refractivity contribution in [3.63, 3.8) is 0 Å². The first kappa shape index (κ1) is 7.47. The average Bonchev–Trinajstić information content (AvgIpc) is 3.35. The van der Waals surface area contributed by atoms with Crippen LogP contribution < -0.4 is 0 Å². The first-order chi connectivity index (χ1) is 8.97. The molecule has 11 rings (SSSR count). The van der Waals surface area contributed by atoms with Crippen LogP contribution in [0.4, 0.5) is 0 Å². The second-order valence-corrected chi connectivity index (χ2v) is 36.0. The summed E-state index contributed by atoms with van der Waals surface area (Å²) in [6, 6.07) is 7.22. The van der Waals surface area contributed by atoms with Crippen molar-refractivity contribution in [2.45, 2.75) is 54.6 Å². The van der Waals surface area contributed by atoms with Crippen LogP contribution in [0.1, 0.15) is 11.1 Å². The Labute approximate surface area is 110 Å². The minimum absolute atomic E-state index is 0.921. The van der Waals surface area contributed by atoms with Gasteiger partial charge in [0.1, 0.15) is 0 Å². The average molecular weight is 355 g/mol. The van der Waals surface area contributed by atoms with E-state index in [2.05, 4.69) is 41.1 Å². The number of benzene rings is 1. The van der Waals surface area contributed by atoms with Crippen LogP contribution in [0.3, 0.4) is 0 Å². The topological polar surface area (TPSA) is 0 Å². The zero-order valence-electron chi connectivity index (χ0n) is 10.7. The van der Waals surface area contributed by atoms with E-state index in [1.54, 1.807) is 0 Å². The summed E-state index contributed by atoms with van der Waals surface area (Å²) in [4.78, 5) is 12.9. The van der Waals surface area contributed by atoms with E-state index in [9.17, 15) is 0 Å². The number of aryl methyl sites for hydroxylation is 1. The van der Waals surface area contributed by atoms with E-state index in [0.717, 1.165) is 4.31 Å². The second-order valence-electron chi connectivity index (χ2n) is 11.6. The van der Waals surface area contributed by atoms with E-state index in [1.165, 1.54) is 53.4 Å². The molecule has 0 radical (unpaired) electrons. The van der Waals surface area contributed by atoms with Gasteiger partial charge >= 0.3 is 111 Å². The molecule has 1 aromatic rings. The van der Waals surface area contributed by atoms with E-state index in [0.29, 0.717) is 0 Å². The maximum absolute atomic E-state index is 4.01. The quantitative estimate of drug-likeness (QED) is 0.579. The van der Waals surface area contributed by atoms with Gasteiger partial charge in [-0.25, -0.2) is 0 Å². The number of hydrogen-bond acceptors (Lipinski definition) is 0. The molecule has 10 aliphatic heterocycles. The van der Waals surface area contributed by atoms with Crippen LogP contribution in [0.5, 0.6) is 0 Å². The van der Waals surface area contributed by atoms with E-state index < -0.39 is 6.51 Å². The van der Waals surface area contributed by atoms with E-state index in [1.807, 2.05) is 5.56 Å². The summed E-state index contributed by atoms with van der Waals surface area (Å²) >= 11 is 4.01. The SMILES string of the molecule is Cc1cccc([C]23[CH]4[CH]5[CH]6[CH]2[Fe]56432789[CH]3[CH]2[CH]7[CH]8[CH]39)c1Br. The van der Waals surface area contributed by atoms with Crippen LogP contribution >= 0.6 is 15.9 Å². The normalized spacial score (nSPS) is 108. The monoisotopic (exact) mass is 354 g/mol. The molecule has 98 valence electrons. The molecule has 0 aromatic heterocycles. The molecule has 0 N–H and O–H groups in total. The summed E-state index contributed by atoms with van der Waals surface area (Å²) in [5.74, 6) is 0. The molecule has 0 nitrogen and oxygen atoms in total. The number of hydrogen-bond donors (Lipinski definition) is 0. The Morgan fingerprint density at radius 3 is 1.95 bits per heavy atom. The standard InChI is InChI=1S/C12H10Br.C5H5.Fe/c1-9-5-4-8-11(12(9)13)10-6-2-3-7-10;1-2-4-5-3-1;/h2-8H,1H3;1-5H;. The zero-order valence-corrected chi connectivity index (χ0v) is 13.3. The van der Waals surface area contributed by atoms with Crippen molar-refractivity contribution in [1.82, 2.24) is 0 Å². The molecule has 0 bridgehead atoms. The van der Waals surface area contributed by atoms with Crippen molar-refractivity contribution >= 4 is 15.9 Å². The Kier molecular flexibility index (Phi) is 0.261. The van der Waals surface area contributed by atoms with Gasteiger partial charge in [0.2, 0.25) is 0 Å². The van der Waals surface area contributed by atoms with E-state index >= 15 is 0 Å². The van der Waals surface area contributed by atoms with Gasteiger partial charge in [0, 0.05) is 0 Å². The zero-order chi connectivity index (χ0) is 11.9. The fourth-order valence-corrected chi connectivity index (χ4v) is 92.8. The van der Waals surface area contributed by atoms with Crippen LogP contribution in [0.25, 0.3) is 0 Å². The van der Waals surface area contributed by atoms with Crippen LogP contribution in [0, 0.1) is 6.92 Å². The van der Waals surface area contributed by atoms with Crippen molar-refractivity contribution in [2.24, 2.45) is 0 Å². The van der Waals surface area contributed by atoms with Gasteiger partial charge in [-0.3, -0.25) is 0 Å². The molecule has 1 aromatic carbocycles. The Hall–Kier alpha value is 0.219. The van der Waals surface area contributed by atoms with Crippen LogP contribution in [-0.2, 0) is 10.8 Å². The molecule has 2 heteroatoms. The first-order valence-corrected chi connectivity index (χ1v) is 15.0. The molecule has 1 spiro atoms. The van der Waals surface area contributed by atoms with Gasteiger partial charge in [-0.1, -0.05) is 0 Å². The molecule has 10 saturated heterocycles. The molecule has 10 heterocycles. The summed E-state index contributed by atoms with van der Waals surface area (Å²) in [6.45, 7) is -0.617. The molecule has 4 atom stereocenters. The van der Waals surface area contributed by atoms with Gasteiger partial charge in [-0.15, -0.1) is 0 Å². The van der Waals surface area contributed by atoms with Gasteiger partial charge < -0.3 is 0 Å². The van der Waals surface area contributed by atoms with Crippen molar-refractivity contribution in [3.05, 3.63) is 33.8 Å². The van der Waals surface area contributed by atoms with Gasteiger partial charge in [0.15, 0.2) is 0 Å².